The van der Waals surface area contributed by atoms with Gasteiger partial charge < -0.3 is 0 Å². The fraction of sp³-hybridized carbons (Fsp3) is 0.286. The van der Waals surface area contributed by atoms with Crippen molar-refractivity contribution in [2.45, 2.75) is 26.7 Å². The van der Waals surface area contributed by atoms with Crippen molar-refractivity contribution in [1.29, 1.82) is 0 Å². The largest absolute Gasteiger partial charge is 2.00 e. The van der Waals surface area contributed by atoms with Crippen LogP contribution < -0.4 is 0 Å². The number of hydrogen-bond donors (Lipinski definition) is 0. The summed E-state index contributed by atoms with van der Waals surface area (Å²) in [6, 6.07) is 14.7. The van der Waals surface area contributed by atoms with E-state index in [9.17, 15) is 0 Å². The Kier molecular flexibility index (Phi) is 8.64. The van der Waals surface area contributed by atoms with Gasteiger partial charge in [-0.05, 0) is 0 Å². The predicted octanol–water partition coefficient (Wildman–Crippen LogP) is 4.70. The Morgan fingerprint density at radius 1 is 1.31 bits per heavy atom. The molecular weight excluding hydrogens is 304 g/mol. The van der Waals surface area contributed by atoms with Crippen molar-refractivity contribution >= 4 is 15.9 Å². The summed E-state index contributed by atoms with van der Waals surface area (Å²) in [7, 11) is 0. The first kappa shape index (κ1) is 15.7. The molecule has 88 valence electrons. The Morgan fingerprint density at radius 3 is 2.31 bits per heavy atom. The molecule has 0 unspecified atom stereocenters. The Hall–Kier alpha value is -0.301. The van der Waals surface area contributed by atoms with Gasteiger partial charge in [-0.15, -0.1) is 4.47 Å². The molecule has 2 aromatic carbocycles. The van der Waals surface area contributed by atoms with Gasteiger partial charge in [0.1, 0.15) is 0 Å². The van der Waals surface area contributed by atoms with Crippen LogP contribution in [-0.2, 0) is 29.9 Å². The average molecular weight is 321 g/mol. The molecule has 0 nitrogen and oxygen atoms in total. The van der Waals surface area contributed by atoms with Crippen LogP contribution in [0.4, 0.5) is 0 Å². The minimum Gasteiger partial charge on any atom is -0.213 e. The zero-order valence-electron chi connectivity index (χ0n) is 9.69. The minimum atomic E-state index is 0. The van der Waals surface area contributed by atoms with Gasteiger partial charge in [0, 0.05) is 0 Å². The van der Waals surface area contributed by atoms with Gasteiger partial charge in [-0.3, -0.25) is 0 Å². The van der Waals surface area contributed by atoms with E-state index < -0.39 is 0 Å². The first-order valence-corrected chi connectivity index (χ1v) is 6.17. The maximum atomic E-state index is 3.28. The summed E-state index contributed by atoms with van der Waals surface area (Å²) >= 11 is 3.28. The van der Waals surface area contributed by atoms with Crippen LogP contribution in [0.25, 0.3) is 0 Å². The van der Waals surface area contributed by atoms with Crippen LogP contribution in [0.1, 0.15) is 25.0 Å². The molecule has 0 radical (unpaired) electrons. The SMILES string of the molecule is Brc1ccc[cH-]1.CCc1cc[c-](CC)c1.[Fe+2]. The van der Waals surface area contributed by atoms with E-state index in [0.29, 0.717) is 0 Å². The van der Waals surface area contributed by atoms with Crippen LogP contribution in [0.2, 0.25) is 0 Å². The summed E-state index contributed by atoms with van der Waals surface area (Å²) in [5, 5.41) is 0. The predicted molar refractivity (Wildman–Crippen MR) is 70.5 cm³/mol. The second-order valence-corrected chi connectivity index (χ2v) is 4.35. The zero-order chi connectivity index (χ0) is 11.1. The summed E-state index contributed by atoms with van der Waals surface area (Å²) in [4.78, 5) is 0. The monoisotopic (exact) mass is 320 g/mol. The second-order valence-electron chi connectivity index (χ2n) is 3.44. The van der Waals surface area contributed by atoms with Crippen molar-refractivity contribution in [1.82, 2.24) is 0 Å². The normalized spacial score (nSPS) is 8.94. The van der Waals surface area contributed by atoms with Gasteiger partial charge in [-0.1, -0.05) is 42.6 Å². The molecule has 2 heteroatoms. The van der Waals surface area contributed by atoms with E-state index in [2.05, 4.69) is 48.0 Å². The van der Waals surface area contributed by atoms with Crippen molar-refractivity contribution in [3.63, 3.8) is 0 Å². The maximum Gasteiger partial charge on any atom is 2.00 e. The van der Waals surface area contributed by atoms with Crippen LogP contribution in [0.15, 0.2) is 46.9 Å². The van der Waals surface area contributed by atoms with Gasteiger partial charge in [0.15, 0.2) is 0 Å². The topological polar surface area (TPSA) is 0 Å². The Balaban J connectivity index is 0.000000283. The van der Waals surface area contributed by atoms with Gasteiger partial charge in [0.25, 0.3) is 0 Å². The third-order valence-electron chi connectivity index (χ3n) is 2.32. The van der Waals surface area contributed by atoms with E-state index in [4.69, 9.17) is 0 Å². The molecule has 0 spiro atoms. The number of halogens is 1. The van der Waals surface area contributed by atoms with Crippen molar-refractivity contribution in [3.05, 3.63) is 58.1 Å². The van der Waals surface area contributed by atoms with Gasteiger partial charge in [-0.2, -0.15) is 41.5 Å². The third kappa shape index (κ3) is 5.69. The third-order valence-corrected chi connectivity index (χ3v) is 2.85. The van der Waals surface area contributed by atoms with Crippen molar-refractivity contribution in [2.75, 3.05) is 0 Å². The first-order valence-electron chi connectivity index (χ1n) is 5.38. The Morgan fingerprint density at radius 2 is 2.06 bits per heavy atom. The smallest absolute Gasteiger partial charge is 0.213 e. The summed E-state index contributed by atoms with van der Waals surface area (Å²) in [6.07, 6.45) is 2.33. The van der Waals surface area contributed by atoms with Gasteiger partial charge in [-0.25, -0.2) is 12.1 Å². The Bertz CT molecular complexity index is 341. The van der Waals surface area contributed by atoms with Crippen molar-refractivity contribution in [3.8, 4) is 0 Å². The first-order chi connectivity index (χ1) is 7.26. The average Bonchev–Trinajstić information content (AvgIpc) is 2.88. The maximum absolute atomic E-state index is 3.28. The molecule has 2 aromatic rings. The van der Waals surface area contributed by atoms with Crippen LogP contribution in [0.3, 0.4) is 0 Å². The van der Waals surface area contributed by atoms with E-state index in [1.807, 2.05) is 24.3 Å². The molecule has 0 aliphatic rings. The zero-order valence-corrected chi connectivity index (χ0v) is 12.4. The molecule has 0 atom stereocenters. The molecule has 16 heavy (non-hydrogen) atoms. The van der Waals surface area contributed by atoms with Crippen LogP contribution in [-0.4, -0.2) is 0 Å². The molecule has 0 saturated heterocycles. The molecular formula is C14H17BrFe. The minimum absolute atomic E-state index is 0. The number of rotatable bonds is 2. The molecule has 0 fully saturated rings. The molecule has 0 aliphatic heterocycles. The Labute approximate surface area is 117 Å². The molecule has 0 bridgehead atoms. The number of hydrogen-bond acceptors (Lipinski definition) is 0. The summed E-state index contributed by atoms with van der Waals surface area (Å²) < 4.78 is 1.16. The molecule has 0 N–H and O–H groups in total. The van der Waals surface area contributed by atoms with Crippen molar-refractivity contribution in [2.24, 2.45) is 0 Å². The summed E-state index contributed by atoms with van der Waals surface area (Å²) in [5.41, 5.74) is 2.93. The van der Waals surface area contributed by atoms with E-state index in [1.54, 1.807) is 0 Å². The molecule has 0 aliphatic carbocycles. The van der Waals surface area contributed by atoms with E-state index >= 15 is 0 Å². The molecule has 0 saturated carbocycles. The fourth-order valence-electron chi connectivity index (χ4n) is 1.34. The number of aryl methyl sites for hydroxylation is 2. The molecule has 2 rings (SSSR count). The quantitative estimate of drug-likeness (QED) is 0.556. The van der Waals surface area contributed by atoms with E-state index in [-0.39, 0.29) is 17.1 Å². The second kappa shape index (κ2) is 8.81. The summed E-state index contributed by atoms with van der Waals surface area (Å²) in [6.45, 7) is 4.38. The van der Waals surface area contributed by atoms with Crippen LogP contribution >= 0.6 is 15.9 Å². The van der Waals surface area contributed by atoms with Crippen LogP contribution in [0.5, 0.6) is 0 Å². The van der Waals surface area contributed by atoms with Gasteiger partial charge in [0.2, 0.25) is 0 Å². The molecule has 0 aromatic heterocycles. The van der Waals surface area contributed by atoms with E-state index in [1.165, 1.54) is 24.0 Å². The summed E-state index contributed by atoms with van der Waals surface area (Å²) in [5.74, 6) is 0. The van der Waals surface area contributed by atoms with Crippen LogP contribution in [0, 0.1) is 0 Å². The van der Waals surface area contributed by atoms with Crippen molar-refractivity contribution < 1.29 is 17.1 Å². The fourth-order valence-corrected chi connectivity index (χ4v) is 1.64. The molecule has 0 amide bonds. The van der Waals surface area contributed by atoms with Gasteiger partial charge >= 0.3 is 17.1 Å². The van der Waals surface area contributed by atoms with E-state index in [0.717, 1.165) is 4.47 Å². The molecule has 0 heterocycles. The standard InChI is InChI=1S/C9H13.C5H4Br.Fe/c1-3-8-5-6-9(4-2)7-8;6-5-3-1-2-4-5;/h5-7H,3-4H2,1-2H3;1-4H;/q2*-1;+2. The van der Waals surface area contributed by atoms with Gasteiger partial charge in [0.05, 0.1) is 0 Å².